The molecule has 0 bridgehead atoms. The van der Waals surface area contributed by atoms with Crippen molar-refractivity contribution in [3.8, 4) is 21.7 Å². The molecule has 0 spiro atoms. The Morgan fingerprint density at radius 3 is 2.46 bits per heavy atom. The first-order valence-corrected chi connectivity index (χ1v) is 18.1. The number of nitrogens with zero attached hydrogens (tertiary/aromatic N) is 2. The highest BCUT2D eigenvalue weighted by Gasteiger charge is 2.57. The van der Waals surface area contributed by atoms with Crippen molar-refractivity contribution in [1.29, 1.82) is 0 Å². The van der Waals surface area contributed by atoms with Crippen molar-refractivity contribution in [2.24, 2.45) is 5.92 Å². The largest absolute Gasteiger partial charge is 0.437 e. The number of ether oxygens (including phenoxy) is 1. The number of carbonyl (C=O) groups is 1. The van der Waals surface area contributed by atoms with Gasteiger partial charge in [0, 0.05) is 43.7 Å². The molecule has 0 saturated carbocycles. The zero-order chi connectivity index (χ0) is 25.3. The maximum atomic E-state index is 13.6. The lowest BCUT2D eigenvalue weighted by Crippen LogP contribution is -2.50. The zero-order valence-corrected chi connectivity index (χ0v) is 23.3. The summed E-state index contributed by atoms with van der Waals surface area (Å²) in [7, 11) is -5.11. The van der Waals surface area contributed by atoms with Crippen LogP contribution in [-0.4, -0.2) is 38.2 Å². The fourth-order valence-corrected chi connectivity index (χ4v) is 9.80. The summed E-state index contributed by atoms with van der Waals surface area (Å²) in [5.41, 5.74) is 2.72. The highest BCUT2D eigenvalue weighted by Crippen LogP contribution is 2.51. The summed E-state index contributed by atoms with van der Waals surface area (Å²) in [4.78, 5) is 20.7. The smallest absolute Gasteiger partial charge is 0.304 e. The van der Waals surface area contributed by atoms with Crippen LogP contribution in [0.1, 0.15) is 31.1 Å². The zero-order valence-electron chi connectivity index (χ0n) is 20.7. The van der Waals surface area contributed by atoms with E-state index in [1.807, 2.05) is 36.4 Å². The highest BCUT2D eigenvalue weighted by atomic mass is 32.2. The number of thiophene rings is 1. The van der Waals surface area contributed by atoms with Crippen LogP contribution >= 0.6 is 11.3 Å². The molecule has 1 aliphatic heterocycles. The molecule has 0 N–H and O–H groups in total. The van der Waals surface area contributed by atoms with Crippen LogP contribution in [0.15, 0.2) is 55.0 Å². The third-order valence-corrected chi connectivity index (χ3v) is 12.0. The number of esters is 1. The molecule has 2 aromatic heterocycles. The van der Waals surface area contributed by atoms with Crippen LogP contribution in [0.3, 0.4) is 0 Å². The van der Waals surface area contributed by atoms with Crippen LogP contribution in [0.4, 0.5) is 0 Å². The third kappa shape index (κ3) is 5.41. The normalized spacial score (nSPS) is 22.0. The van der Waals surface area contributed by atoms with E-state index in [0.717, 1.165) is 40.6 Å². The quantitative estimate of drug-likeness (QED) is 0.270. The Morgan fingerprint density at radius 1 is 1.11 bits per heavy atom. The van der Waals surface area contributed by atoms with Crippen molar-refractivity contribution in [2.75, 3.05) is 5.75 Å². The van der Waals surface area contributed by atoms with Gasteiger partial charge in [0.05, 0.1) is 22.5 Å². The maximum Gasteiger partial charge on any atom is 0.304 e. The topological polar surface area (TPSA) is 86.2 Å². The lowest BCUT2D eigenvalue weighted by Gasteiger charge is -2.42. The molecule has 3 heterocycles. The summed E-state index contributed by atoms with van der Waals surface area (Å²) < 4.78 is 33.2. The molecule has 0 amide bonds. The van der Waals surface area contributed by atoms with Gasteiger partial charge >= 0.3 is 5.97 Å². The minimum Gasteiger partial charge on any atom is -0.437 e. The molecule has 6 nitrogen and oxygen atoms in total. The lowest BCUT2D eigenvalue weighted by atomic mass is 9.91. The average molecular weight is 529 g/mol. The molecule has 1 saturated heterocycles. The van der Waals surface area contributed by atoms with Gasteiger partial charge in [0.1, 0.15) is 0 Å². The van der Waals surface area contributed by atoms with Gasteiger partial charge in [-0.05, 0) is 37.0 Å². The summed E-state index contributed by atoms with van der Waals surface area (Å²) in [6, 6.07) is 12.7. The van der Waals surface area contributed by atoms with Gasteiger partial charge in [-0.15, -0.1) is 11.3 Å². The molecule has 1 unspecified atom stereocenters. The predicted molar refractivity (Wildman–Crippen MR) is 144 cm³/mol. The summed E-state index contributed by atoms with van der Waals surface area (Å²) in [5.74, 6) is -0.775. The average Bonchev–Trinajstić information content (AvgIpc) is 3.30. The van der Waals surface area contributed by atoms with Crippen molar-refractivity contribution in [1.82, 2.24) is 9.97 Å². The molecule has 0 aliphatic carbocycles. The number of hydrogen-bond donors (Lipinski definition) is 0. The second kappa shape index (κ2) is 9.95. The summed E-state index contributed by atoms with van der Waals surface area (Å²) in [6.45, 7) is 8.16. The van der Waals surface area contributed by atoms with E-state index in [2.05, 4.69) is 29.6 Å². The summed E-state index contributed by atoms with van der Waals surface area (Å²) in [6.07, 6.45) is 7.09. The Kier molecular flexibility index (Phi) is 7.31. The van der Waals surface area contributed by atoms with Crippen LogP contribution < -0.4 is 0 Å². The van der Waals surface area contributed by atoms with Gasteiger partial charge in [-0.25, -0.2) is 8.42 Å². The Bertz CT molecular complexity index is 1280. The Hall–Kier alpha value is -2.36. The van der Waals surface area contributed by atoms with Gasteiger partial charge in [0.25, 0.3) is 0 Å². The van der Waals surface area contributed by atoms with Crippen molar-refractivity contribution in [3.63, 3.8) is 0 Å². The SMILES string of the molecule is CC(=O)O[C@@]1(c2ccc(-c3ccc(-c4cnccn4)cc3)s2)C(CC[Si](C)(C)C)CCCS1(=O)=O. The molecule has 0 radical (unpaired) electrons. The van der Waals surface area contributed by atoms with E-state index in [0.29, 0.717) is 11.3 Å². The monoisotopic (exact) mass is 528 g/mol. The number of sulfone groups is 1. The Labute approximate surface area is 212 Å². The maximum absolute atomic E-state index is 13.6. The van der Waals surface area contributed by atoms with Gasteiger partial charge in [-0.1, -0.05) is 50.0 Å². The molecular formula is C26H32N2O4S2Si. The molecule has 9 heteroatoms. The lowest BCUT2D eigenvalue weighted by molar-refractivity contribution is -0.154. The van der Waals surface area contributed by atoms with Gasteiger partial charge in [-0.2, -0.15) is 0 Å². The van der Waals surface area contributed by atoms with E-state index < -0.39 is 28.8 Å². The molecule has 4 rings (SSSR count). The van der Waals surface area contributed by atoms with E-state index in [1.54, 1.807) is 18.6 Å². The van der Waals surface area contributed by atoms with E-state index in [1.165, 1.54) is 18.3 Å². The first kappa shape index (κ1) is 25.7. The summed E-state index contributed by atoms with van der Waals surface area (Å²) >= 11 is 1.40. The molecular weight excluding hydrogens is 497 g/mol. The molecule has 1 aromatic carbocycles. The molecule has 3 aromatic rings. The van der Waals surface area contributed by atoms with Crippen LogP contribution in [0, 0.1) is 5.92 Å². The van der Waals surface area contributed by atoms with Gasteiger partial charge in [0.15, 0.2) is 9.84 Å². The van der Waals surface area contributed by atoms with Crippen LogP contribution in [-0.2, 0) is 24.3 Å². The van der Waals surface area contributed by atoms with Crippen LogP contribution in [0.2, 0.25) is 25.7 Å². The number of benzene rings is 1. The fraction of sp³-hybridized carbons (Fsp3) is 0.423. The second-order valence-corrected chi connectivity index (χ2v) is 19.3. The second-order valence-electron chi connectivity index (χ2n) is 10.4. The van der Waals surface area contributed by atoms with Gasteiger partial charge < -0.3 is 4.74 Å². The van der Waals surface area contributed by atoms with Crippen molar-refractivity contribution < 1.29 is 17.9 Å². The molecule has 2 atom stereocenters. The van der Waals surface area contributed by atoms with Crippen LogP contribution in [0.5, 0.6) is 0 Å². The minimum atomic E-state index is -3.69. The Balaban J connectivity index is 1.73. The van der Waals surface area contributed by atoms with E-state index >= 15 is 0 Å². The number of carbonyl (C=O) groups excluding carboxylic acids is 1. The van der Waals surface area contributed by atoms with Gasteiger partial charge in [0.2, 0.25) is 4.93 Å². The molecule has 1 aliphatic rings. The predicted octanol–water partition coefficient (Wildman–Crippen LogP) is 6.14. The first-order valence-electron chi connectivity index (χ1n) is 11.9. The molecule has 35 heavy (non-hydrogen) atoms. The number of aromatic nitrogens is 2. The standard InChI is InChI=1S/C26H32N2O4S2Si/c1-19(29)32-26(22(13-17-35(2,3)4)6-5-16-34(26,30)31)25-12-11-24(33-25)21-9-7-20(8-10-21)23-18-27-14-15-28-23/h7-12,14-15,18,22H,5-6,13,16-17H2,1-4H3/t22?,26-/m0/s1. The summed E-state index contributed by atoms with van der Waals surface area (Å²) in [5, 5.41) is 0. The third-order valence-electron chi connectivity index (χ3n) is 6.48. The van der Waals surface area contributed by atoms with Gasteiger partial charge in [-0.3, -0.25) is 14.8 Å². The van der Waals surface area contributed by atoms with E-state index in [9.17, 15) is 13.2 Å². The van der Waals surface area contributed by atoms with Crippen molar-refractivity contribution in [2.45, 2.75) is 56.8 Å². The molecule has 1 fully saturated rings. The van der Waals surface area contributed by atoms with Crippen LogP contribution in [0.25, 0.3) is 21.7 Å². The number of rotatable bonds is 7. The van der Waals surface area contributed by atoms with E-state index in [-0.39, 0.29) is 11.7 Å². The van der Waals surface area contributed by atoms with Crippen molar-refractivity contribution >= 4 is 35.2 Å². The highest BCUT2D eigenvalue weighted by molar-refractivity contribution is 7.92. The minimum absolute atomic E-state index is 0.0315. The molecule has 186 valence electrons. The first-order chi connectivity index (χ1) is 16.5. The van der Waals surface area contributed by atoms with E-state index in [4.69, 9.17) is 4.74 Å². The Morgan fingerprint density at radius 2 is 1.83 bits per heavy atom. The van der Waals surface area contributed by atoms with Crippen molar-refractivity contribution in [3.05, 3.63) is 59.9 Å². The number of hydrogen-bond acceptors (Lipinski definition) is 7. The fourth-order valence-electron chi connectivity index (χ4n) is 4.76.